The van der Waals surface area contributed by atoms with Gasteiger partial charge in [0, 0.05) is 5.57 Å². The second kappa shape index (κ2) is 5.70. The molecule has 0 aromatic rings. The van der Waals surface area contributed by atoms with Gasteiger partial charge in [-0.25, -0.2) is 4.79 Å². The molecular weight excluding hydrogens is 212 g/mol. The van der Waals surface area contributed by atoms with E-state index >= 15 is 0 Å². The molecule has 0 N–H and O–H groups in total. The van der Waals surface area contributed by atoms with Gasteiger partial charge in [0.1, 0.15) is 6.10 Å². The monoisotopic (exact) mass is 236 g/mol. The molecule has 0 radical (unpaired) electrons. The summed E-state index contributed by atoms with van der Waals surface area (Å²) in [5, 5.41) is 0. The van der Waals surface area contributed by atoms with Crippen LogP contribution < -0.4 is 0 Å². The quantitative estimate of drug-likeness (QED) is 0.547. The van der Waals surface area contributed by atoms with Gasteiger partial charge in [-0.05, 0) is 58.3 Å². The van der Waals surface area contributed by atoms with Crippen LogP contribution in [0, 0.1) is 5.92 Å². The van der Waals surface area contributed by atoms with Crippen molar-refractivity contribution in [2.75, 3.05) is 0 Å². The van der Waals surface area contributed by atoms with Gasteiger partial charge in [-0.15, -0.1) is 0 Å². The molecule has 0 aromatic carbocycles. The molecule has 2 heteroatoms. The summed E-state index contributed by atoms with van der Waals surface area (Å²) in [6.45, 7) is 4.09. The molecule has 2 aliphatic carbocycles. The van der Waals surface area contributed by atoms with Crippen LogP contribution in [0.4, 0.5) is 0 Å². The molecule has 0 heterocycles. The number of esters is 1. The van der Waals surface area contributed by atoms with E-state index in [4.69, 9.17) is 4.74 Å². The molecule has 0 bridgehead atoms. The number of rotatable bonds is 3. The van der Waals surface area contributed by atoms with Crippen LogP contribution in [0.5, 0.6) is 0 Å². The maximum Gasteiger partial charge on any atom is 0.334 e. The van der Waals surface area contributed by atoms with Crippen molar-refractivity contribution >= 4 is 5.97 Å². The molecular formula is C15H24O2. The molecule has 0 atom stereocenters. The van der Waals surface area contributed by atoms with Gasteiger partial charge in [-0.3, -0.25) is 0 Å². The zero-order valence-electron chi connectivity index (χ0n) is 11.1. The average Bonchev–Trinajstić information content (AvgIpc) is 2.89. The first-order valence-corrected chi connectivity index (χ1v) is 7.07. The summed E-state index contributed by atoms with van der Waals surface area (Å²) in [7, 11) is 0. The van der Waals surface area contributed by atoms with E-state index in [2.05, 4.69) is 0 Å². The van der Waals surface area contributed by atoms with Crippen molar-refractivity contribution in [1.82, 2.24) is 0 Å². The number of carbonyl (C=O) groups excluding carboxylic acids is 1. The van der Waals surface area contributed by atoms with Crippen molar-refractivity contribution in [3.63, 3.8) is 0 Å². The second-order valence-corrected chi connectivity index (χ2v) is 5.71. The van der Waals surface area contributed by atoms with E-state index in [1.54, 1.807) is 0 Å². The minimum Gasteiger partial charge on any atom is -0.459 e. The predicted octanol–water partition coefficient (Wildman–Crippen LogP) is 4.00. The fourth-order valence-electron chi connectivity index (χ4n) is 3.21. The van der Waals surface area contributed by atoms with Crippen molar-refractivity contribution in [2.45, 2.75) is 71.3 Å². The Labute approximate surface area is 104 Å². The molecule has 0 spiro atoms. The van der Waals surface area contributed by atoms with Crippen molar-refractivity contribution in [2.24, 2.45) is 5.92 Å². The smallest absolute Gasteiger partial charge is 0.334 e. The van der Waals surface area contributed by atoms with E-state index in [9.17, 15) is 4.79 Å². The highest BCUT2D eigenvalue weighted by Gasteiger charge is 2.28. The van der Waals surface area contributed by atoms with E-state index in [1.807, 2.05) is 13.8 Å². The van der Waals surface area contributed by atoms with Crippen molar-refractivity contribution in [3.05, 3.63) is 11.1 Å². The first-order chi connectivity index (χ1) is 8.18. The largest absolute Gasteiger partial charge is 0.459 e. The van der Waals surface area contributed by atoms with Crippen LogP contribution in [-0.2, 0) is 9.53 Å². The molecule has 0 amide bonds. The van der Waals surface area contributed by atoms with Gasteiger partial charge in [0.25, 0.3) is 0 Å². The topological polar surface area (TPSA) is 26.3 Å². The van der Waals surface area contributed by atoms with Crippen molar-refractivity contribution < 1.29 is 9.53 Å². The first kappa shape index (κ1) is 12.7. The lowest BCUT2D eigenvalue weighted by Crippen LogP contribution is -2.20. The molecule has 0 aromatic heterocycles. The van der Waals surface area contributed by atoms with E-state index in [0.717, 1.165) is 24.0 Å². The Bertz CT molecular complexity index is 301. The number of carbonyl (C=O) groups is 1. The molecule has 96 valence electrons. The van der Waals surface area contributed by atoms with Gasteiger partial charge in [-0.1, -0.05) is 18.4 Å². The first-order valence-electron chi connectivity index (χ1n) is 7.07. The van der Waals surface area contributed by atoms with Crippen LogP contribution in [-0.4, -0.2) is 12.1 Å². The molecule has 0 saturated heterocycles. The molecule has 2 rings (SSSR count). The zero-order chi connectivity index (χ0) is 12.3. The molecule has 17 heavy (non-hydrogen) atoms. The third-order valence-corrected chi connectivity index (χ3v) is 4.10. The lowest BCUT2D eigenvalue weighted by molar-refractivity contribution is -0.144. The Morgan fingerprint density at radius 2 is 1.47 bits per heavy atom. The van der Waals surface area contributed by atoms with E-state index < -0.39 is 0 Å². The Hall–Kier alpha value is -0.790. The van der Waals surface area contributed by atoms with Gasteiger partial charge in [0.05, 0.1) is 0 Å². The predicted molar refractivity (Wildman–Crippen MR) is 68.7 cm³/mol. The number of hydrogen-bond donors (Lipinski definition) is 0. The average molecular weight is 236 g/mol. The van der Waals surface area contributed by atoms with Crippen LogP contribution in [0.3, 0.4) is 0 Å². The Balaban J connectivity index is 2.00. The molecule has 2 saturated carbocycles. The summed E-state index contributed by atoms with van der Waals surface area (Å²) in [6, 6.07) is 0. The van der Waals surface area contributed by atoms with Gasteiger partial charge in [0.2, 0.25) is 0 Å². The van der Waals surface area contributed by atoms with Crippen LogP contribution in [0.25, 0.3) is 0 Å². The minimum absolute atomic E-state index is 0.0243. The maximum atomic E-state index is 12.2. The highest BCUT2D eigenvalue weighted by molar-refractivity contribution is 5.90. The number of hydrogen-bond acceptors (Lipinski definition) is 2. The third kappa shape index (κ3) is 3.11. The molecule has 2 fully saturated rings. The third-order valence-electron chi connectivity index (χ3n) is 4.10. The lowest BCUT2D eigenvalue weighted by atomic mass is 9.94. The van der Waals surface area contributed by atoms with Crippen molar-refractivity contribution in [3.8, 4) is 0 Å². The van der Waals surface area contributed by atoms with E-state index in [1.165, 1.54) is 38.5 Å². The molecule has 2 aliphatic rings. The van der Waals surface area contributed by atoms with Gasteiger partial charge in [0.15, 0.2) is 0 Å². The Kier molecular flexibility index (Phi) is 4.25. The SMILES string of the molecule is CC(C)=C(C(=O)OC1CCCC1)C1CCCC1. The summed E-state index contributed by atoms with van der Waals surface area (Å²) in [5.74, 6) is 0.442. The highest BCUT2D eigenvalue weighted by atomic mass is 16.5. The highest BCUT2D eigenvalue weighted by Crippen LogP contribution is 2.34. The molecule has 0 aliphatic heterocycles. The van der Waals surface area contributed by atoms with Gasteiger partial charge < -0.3 is 4.74 Å². The fourth-order valence-corrected chi connectivity index (χ4v) is 3.21. The van der Waals surface area contributed by atoms with Gasteiger partial charge >= 0.3 is 5.97 Å². The normalized spacial score (nSPS) is 21.8. The molecule has 0 unspecified atom stereocenters. The van der Waals surface area contributed by atoms with Crippen molar-refractivity contribution in [1.29, 1.82) is 0 Å². The van der Waals surface area contributed by atoms with E-state index in [0.29, 0.717) is 5.92 Å². The fraction of sp³-hybridized carbons (Fsp3) is 0.800. The summed E-state index contributed by atoms with van der Waals surface area (Å²) in [5.41, 5.74) is 2.13. The zero-order valence-corrected chi connectivity index (χ0v) is 11.1. The maximum absolute atomic E-state index is 12.2. The second-order valence-electron chi connectivity index (χ2n) is 5.71. The van der Waals surface area contributed by atoms with Crippen LogP contribution in [0.1, 0.15) is 65.2 Å². The summed E-state index contributed by atoms with van der Waals surface area (Å²) in [4.78, 5) is 12.2. The standard InChI is InChI=1S/C15H24O2/c1-11(2)14(12-7-3-4-8-12)15(16)17-13-9-5-6-10-13/h12-13H,3-10H2,1-2H3. The number of ether oxygens (including phenoxy) is 1. The Morgan fingerprint density at radius 1 is 0.941 bits per heavy atom. The van der Waals surface area contributed by atoms with Crippen LogP contribution in [0.15, 0.2) is 11.1 Å². The summed E-state index contributed by atoms with van der Waals surface area (Å²) >= 11 is 0. The van der Waals surface area contributed by atoms with E-state index in [-0.39, 0.29) is 12.1 Å². The lowest BCUT2D eigenvalue weighted by Gasteiger charge is -2.18. The molecule has 2 nitrogen and oxygen atoms in total. The Morgan fingerprint density at radius 3 is 2.00 bits per heavy atom. The number of allylic oxidation sites excluding steroid dienone is 1. The van der Waals surface area contributed by atoms with Gasteiger partial charge in [-0.2, -0.15) is 0 Å². The summed E-state index contributed by atoms with van der Waals surface area (Å²) in [6.07, 6.45) is 9.60. The van der Waals surface area contributed by atoms with Crippen LogP contribution >= 0.6 is 0 Å². The van der Waals surface area contributed by atoms with Crippen LogP contribution in [0.2, 0.25) is 0 Å². The minimum atomic E-state index is -0.0243. The summed E-state index contributed by atoms with van der Waals surface area (Å²) < 4.78 is 5.65.